The van der Waals surface area contributed by atoms with Gasteiger partial charge in [0.2, 0.25) is 5.13 Å². The van der Waals surface area contributed by atoms with Crippen molar-refractivity contribution in [1.29, 1.82) is 0 Å². The maximum absolute atomic E-state index is 12.5. The molecule has 172 valence electrons. The Hall–Kier alpha value is -4.59. The molecule has 14 heteroatoms. The third-order valence-corrected chi connectivity index (χ3v) is 6.02. The summed E-state index contributed by atoms with van der Waals surface area (Å²) in [5.74, 6) is -1.64. The molecule has 0 saturated heterocycles. The average molecular weight is 482 g/mol. The molecule has 1 aromatic heterocycles. The van der Waals surface area contributed by atoms with Crippen LogP contribution in [0.1, 0.15) is 41.6 Å². The van der Waals surface area contributed by atoms with Crippen molar-refractivity contribution in [2.24, 2.45) is 0 Å². The maximum Gasteiger partial charge on any atom is 0.279 e. The highest BCUT2D eigenvalue weighted by atomic mass is 32.1. The Morgan fingerprint density at radius 3 is 2.12 bits per heavy atom. The van der Waals surface area contributed by atoms with Crippen molar-refractivity contribution in [2.75, 3.05) is 11.9 Å². The number of hydrogen-bond donors (Lipinski definition) is 1. The van der Waals surface area contributed by atoms with E-state index in [-0.39, 0.29) is 29.2 Å². The number of nitro groups is 2. The summed E-state index contributed by atoms with van der Waals surface area (Å²) in [6.07, 6.45) is 0.195. The van der Waals surface area contributed by atoms with Gasteiger partial charge in [0.1, 0.15) is 10.6 Å². The number of hydrogen-bond acceptors (Lipinski definition) is 10. The van der Waals surface area contributed by atoms with Crippen molar-refractivity contribution < 1.29 is 24.2 Å². The second-order valence-electron chi connectivity index (χ2n) is 7.17. The van der Waals surface area contributed by atoms with Gasteiger partial charge in [-0.15, -0.1) is 10.2 Å². The lowest BCUT2D eigenvalue weighted by Gasteiger charge is -2.12. The standard InChI is InChI=1S/C20H14N6O7S/c1-10-14(25(30)31)8-11(9-15(10)26(32)33)17(27)21-20-23-22-16(34-20)6-7-24-18(28)12-4-2-3-5-13(12)19(24)29/h2-5,8-9H,6-7H2,1H3,(H,21,23,27). The van der Waals surface area contributed by atoms with Crippen molar-refractivity contribution in [3.63, 3.8) is 0 Å². The minimum atomic E-state index is -0.839. The van der Waals surface area contributed by atoms with E-state index in [1.807, 2.05) is 0 Å². The number of nitrogens with zero attached hydrogens (tertiary/aromatic N) is 5. The Kier molecular flexibility index (Phi) is 5.81. The molecule has 0 radical (unpaired) electrons. The molecule has 0 spiro atoms. The van der Waals surface area contributed by atoms with E-state index in [1.54, 1.807) is 24.3 Å². The normalized spacial score (nSPS) is 12.6. The number of nitro benzene ring substituents is 2. The Labute approximate surface area is 194 Å². The van der Waals surface area contributed by atoms with Crippen molar-refractivity contribution in [1.82, 2.24) is 15.1 Å². The average Bonchev–Trinajstić information content (AvgIpc) is 3.34. The van der Waals surface area contributed by atoms with Gasteiger partial charge >= 0.3 is 0 Å². The molecule has 2 heterocycles. The van der Waals surface area contributed by atoms with Gasteiger partial charge in [0.25, 0.3) is 29.1 Å². The molecule has 1 aliphatic rings. The zero-order chi connectivity index (χ0) is 24.6. The Morgan fingerprint density at radius 2 is 1.59 bits per heavy atom. The monoisotopic (exact) mass is 482 g/mol. The zero-order valence-corrected chi connectivity index (χ0v) is 18.2. The number of rotatable bonds is 7. The summed E-state index contributed by atoms with van der Waals surface area (Å²) in [6.45, 7) is 1.29. The SMILES string of the molecule is Cc1c([N+](=O)[O-])cc(C(=O)Nc2nnc(CCN3C(=O)c4ccccc4C3=O)s2)cc1[N+](=O)[O-]. The summed E-state index contributed by atoms with van der Waals surface area (Å²) in [7, 11) is 0. The third kappa shape index (κ3) is 4.09. The molecule has 0 atom stereocenters. The van der Waals surface area contributed by atoms with Gasteiger partial charge in [0.15, 0.2) is 0 Å². The number of aromatic nitrogens is 2. The fraction of sp³-hybridized carbons (Fsp3) is 0.150. The summed E-state index contributed by atoms with van der Waals surface area (Å²) < 4.78 is 0. The Morgan fingerprint density at radius 1 is 1.03 bits per heavy atom. The van der Waals surface area contributed by atoms with Crippen molar-refractivity contribution in [2.45, 2.75) is 13.3 Å². The number of imide groups is 1. The van der Waals surface area contributed by atoms with E-state index in [4.69, 9.17) is 0 Å². The highest BCUT2D eigenvalue weighted by Crippen LogP contribution is 2.30. The summed E-state index contributed by atoms with van der Waals surface area (Å²) in [5, 5.41) is 33.0. The summed E-state index contributed by atoms with van der Waals surface area (Å²) in [5.41, 5.74) is -0.904. The van der Waals surface area contributed by atoms with E-state index in [9.17, 15) is 34.6 Å². The van der Waals surface area contributed by atoms with Crippen LogP contribution in [0.2, 0.25) is 0 Å². The van der Waals surface area contributed by atoms with E-state index < -0.39 is 38.9 Å². The smallest absolute Gasteiger partial charge is 0.279 e. The fourth-order valence-corrected chi connectivity index (χ4v) is 4.14. The number of amides is 3. The molecule has 0 unspecified atom stereocenters. The van der Waals surface area contributed by atoms with Gasteiger partial charge in [-0.3, -0.25) is 44.8 Å². The molecule has 0 aliphatic carbocycles. The summed E-state index contributed by atoms with van der Waals surface area (Å²) in [6, 6.07) is 8.39. The van der Waals surface area contributed by atoms with E-state index in [2.05, 4.69) is 15.5 Å². The molecular formula is C20H14N6O7S. The molecule has 1 aliphatic heterocycles. The van der Waals surface area contributed by atoms with E-state index in [0.717, 1.165) is 28.4 Å². The van der Waals surface area contributed by atoms with Gasteiger partial charge in [-0.25, -0.2) is 0 Å². The first-order valence-corrected chi connectivity index (χ1v) is 10.5. The van der Waals surface area contributed by atoms with Gasteiger partial charge in [-0.05, 0) is 19.1 Å². The summed E-state index contributed by atoms with van der Waals surface area (Å²) >= 11 is 0.979. The molecular weight excluding hydrogens is 468 g/mol. The lowest BCUT2D eigenvalue weighted by Crippen LogP contribution is -2.31. The van der Waals surface area contributed by atoms with Gasteiger partial charge in [0.05, 0.1) is 26.5 Å². The van der Waals surface area contributed by atoms with Crippen molar-refractivity contribution >= 4 is 45.6 Å². The van der Waals surface area contributed by atoms with E-state index >= 15 is 0 Å². The highest BCUT2D eigenvalue weighted by molar-refractivity contribution is 7.15. The lowest BCUT2D eigenvalue weighted by molar-refractivity contribution is -0.395. The minimum Gasteiger partial charge on any atom is -0.296 e. The topological polar surface area (TPSA) is 179 Å². The minimum absolute atomic E-state index is 0.0493. The van der Waals surface area contributed by atoms with Gasteiger partial charge in [-0.2, -0.15) is 0 Å². The van der Waals surface area contributed by atoms with Crippen LogP contribution in [-0.4, -0.2) is 49.2 Å². The molecule has 0 bridgehead atoms. The van der Waals surface area contributed by atoms with Crippen molar-refractivity contribution in [3.8, 4) is 0 Å². The Balaban J connectivity index is 1.45. The highest BCUT2D eigenvalue weighted by Gasteiger charge is 2.34. The first kappa shape index (κ1) is 22.6. The Bertz CT molecular complexity index is 1320. The fourth-order valence-electron chi connectivity index (χ4n) is 3.42. The van der Waals surface area contributed by atoms with Gasteiger partial charge < -0.3 is 0 Å². The molecule has 4 rings (SSSR count). The molecule has 2 aromatic carbocycles. The van der Waals surface area contributed by atoms with Crippen LogP contribution in [0.4, 0.5) is 16.5 Å². The van der Waals surface area contributed by atoms with Crippen molar-refractivity contribution in [3.05, 3.63) is 83.9 Å². The third-order valence-electron chi connectivity index (χ3n) is 5.12. The number of anilines is 1. The van der Waals surface area contributed by atoms with Gasteiger partial charge in [0, 0.05) is 25.1 Å². The van der Waals surface area contributed by atoms with Crippen LogP contribution in [0.3, 0.4) is 0 Å². The molecule has 1 N–H and O–H groups in total. The molecule has 13 nitrogen and oxygen atoms in total. The number of fused-ring (bicyclic) bond motifs is 1. The van der Waals surface area contributed by atoms with Crippen LogP contribution in [0.15, 0.2) is 36.4 Å². The molecule has 3 amide bonds. The first-order chi connectivity index (χ1) is 16.2. The predicted octanol–water partition coefficient (Wildman–Crippen LogP) is 2.75. The zero-order valence-electron chi connectivity index (χ0n) is 17.4. The van der Waals surface area contributed by atoms with Gasteiger partial charge in [-0.1, -0.05) is 23.5 Å². The van der Waals surface area contributed by atoms with Crippen LogP contribution in [-0.2, 0) is 6.42 Å². The largest absolute Gasteiger partial charge is 0.296 e. The number of benzene rings is 2. The van der Waals surface area contributed by atoms with Crippen LogP contribution < -0.4 is 5.32 Å². The lowest BCUT2D eigenvalue weighted by atomic mass is 10.1. The molecule has 0 fully saturated rings. The number of carbonyl (C=O) groups excluding carboxylic acids is 3. The maximum atomic E-state index is 12.5. The molecule has 34 heavy (non-hydrogen) atoms. The van der Waals surface area contributed by atoms with Crippen LogP contribution in [0.25, 0.3) is 0 Å². The predicted molar refractivity (Wildman–Crippen MR) is 118 cm³/mol. The van der Waals surface area contributed by atoms with E-state index in [0.29, 0.717) is 16.1 Å². The first-order valence-electron chi connectivity index (χ1n) is 9.69. The second kappa shape index (κ2) is 8.74. The second-order valence-corrected chi connectivity index (χ2v) is 8.23. The van der Waals surface area contributed by atoms with Crippen LogP contribution in [0.5, 0.6) is 0 Å². The summed E-state index contributed by atoms with van der Waals surface area (Å²) in [4.78, 5) is 59.3. The molecule has 3 aromatic rings. The van der Waals surface area contributed by atoms with E-state index in [1.165, 1.54) is 6.92 Å². The number of nitrogens with one attached hydrogen (secondary N) is 1. The quantitative estimate of drug-likeness (QED) is 0.301. The van der Waals surface area contributed by atoms with Crippen LogP contribution in [0, 0.1) is 27.2 Å². The number of carbonyl (C=O) groups is 3. The van der Waals surface area contributed by atoms with Crippen LogP contribution >= 0.6 is 11.3 Å². The molecule has 0 saturated carbocycles.